The molecule has 0 unspecified atom stereocenters. The topological polar surface area (TPSA) is 72.2 Å². The Morgan fingerprint density at radius 3 is 2.48 bits per heavy atom. The molecule has 5 nitrogen and oxygen atoms in total. The van der Waals surface area contributed by atoms with Crippen LogP contribution in [0.4, 0.5) is 0 Å². The number of hydrogen-bond acceptors (Lipinski definition) is 3. The number of benzene rings is 2. The SMILES string of the molecule is Cc1ccc(S(=O)(=O)N[C@@H]2CCCC[C@H]2/[N+]([O-])=C/c2ccccc2Cl)cc1. The van der Waals surface area contributed by atoms with Crippen molar-refractivity contribution in [3.63, 3.8) is 0 Å². The molecule has 1 saturated carbocycles. The van der Waals surface area contributed by atoms with E-state index in [0.29, 0.717) is 23.4 Å². The van der Waals surface area contributed by atoms with Gasteiger partial charge in [-0.25, -0.2) is 17.9 Å². The molecule has 0 radical (unpaired) electrons. The summed E-state index contributed by atoms with van der Waals surface area (Å²) in [5.41, 5.74) is 1.62. The lowest BCUT2D eigenvalue weighted by Crippen LogP contribution is -2.49. The van der Waals surface area contributed by atoms with Gasteiger partial charge in [0.15, 0.2) is 12.3 Å². The zero-order valence-electron chi connectivity index (χ0n) is 15.1. The third-order valence-corrected chi connectivity index (χ3v) is 6.72. The number of nitrogens with one attached hydrogen (secondary N) is 1. The first-order valence-electron chi connectivity index (χ1n) is 9.01. The molecule has 3 rings (SSSR count). The molecule has 144 valence electrons. The van der Waals surface area contributed by atoms with Gasteiger partial charge in [-0.3, -0.25) is 0 Å². The van der Waals surface area contributed by atoms with Crippen molar-refractivity contribution in [2.45, 2.75) is 49.6 Å². The molecule has 0 aromatic heterocycles. The van der Waals surface area contributed by atoms with Gasteiger partial charge in [0.25, 0.3) is 0 Å². The highest BCUT2D eigenvalue weighted by molar-refractivity contribution is 7.89. The molecule has 0 bridgehead atoms. The van der Waals surface area contributed by atoms with Gasteiger partial charge < -0.3 is 5.21 Å². The lowest BCUT2D eigenvalue weighted by molar-refractivity contribution is -0.504. The van der Waals surface area contributed by atoms with E-state index in [-0.39, 0.29) is 4.90 Å². The van der Waals surface area contributed by atoms with Gasteiger partial charge in [0.1, 0.15) is 0 Å². The first-order valence-corrected chi connectivity index (χ1v) is 10.9. The molecular weight excluding hydrogens is 384 g/mol. The van der Waals surface area contributed by atoms with Gasteiger partial charge in [-0.1, -0.05) is 47.9 Å². The fourth-order valence-electron chi connectivity index (χ4n) is 3.35. The van der Waals surface area contributed by atoms with Gasteiger partial charge in [-0.15, -0.1) is 0 Å². The fraction of sp³-hybridized carbons (Fsp3) is 0.350. The minimum atomic E-state index is -3.68. The summed E-state index contributed by atoms with van der Waals surface area (Å²) in [4.78, 5) is 0.213. The largest absolute Gasteiger partial charge is 0.624 e. The molecule has 2 atom stereocenters. The Labute approximate surface area is 165 Å². The first kappa shape index (κ1) is 19.9. The molecule has 0 amide bonds. The molecule has 2 aromatic carbocycles. The number of halogens is 1. The zero-order valence-corrected chi connectivity index (χ0v) is 16.7. The van der Waals surface area contributed by atoms with E-state index < -0.39 is 22.1 Å². The van der Waals surface area contributed by atoms with Crippen LogP contribution in [0.15, 0.2) is 53.4 Å². The van der Waals surface area contributed by atoms with Crippen molar-refractivity contribution in [3.05, 3.63) is 69.9 Å². The predicted octanol–water partition coefficient (Wildman–Crippen LogP) is 3.87. The van der Waals surface area contributed by atoms with E-state index in [1.807, 2.05) is 13.0 Å². The maximum Gasteiger partial charge on any atom is 0.241 e. The Morgan fingerprint density at radius 2 is 1.78 bits per heavy atom. The molecule has 2 aromatic rings. The summed E-state index contributed by atoms with van der Waals surface area (Å²) >= 11 is 6.13. The second-order valence-corrected chi connectivity index (χ2v) is 9.02. The monoisotopic (exact) mass is 406 g/mol. The molecule has 0 aliphatic heterocycles. The van der Waals surface area contributed by atoms with Crippen LogP contribution in [0, 0.1) is 12.1 Å². The molecule has 1 N–H and O–H groups in total. The van der Waals surface area contributed by atoms with Crippen LogP contribution in [0.5, 0.6) is 0 Å². The molecule has 1 aliphatic carbocycles. The predicted molar refractivity (Wildman–Crippen MR) is 108 cm³/mol. The van der Waals surface area contributed by atoms with Gasteiger partial charge in [-0.2, -0.15) is 0 Å². The average molecular weight is 407 g/mol. The molecule has 1 aliphatic rings. The highest BCUT2D eigenvalue weighted by atomic mass is 35.5. The first-order chi connectivity index (χ1) is 12.9. The number of sulfonamides is 1. The molecule has 1 fully saturated rings. The lowest BCUT2D eigenvalue weighted by Gasteiger charge is -2.30. The normalized spacial score (nSPS) is 21.2. The van der Waals surface area contributed by atoms with Crippen LogP contribution < -0.4 is 4.72 Å². The van der Waals surface area contributed by atoms with Crippen molar-refractivity contribution in [1.82, 2.24) is 4.72 Å². The van der Waals surface area contributed by atoms with E-state index in [1.54, 1.807) is 42.5 Å². The summed E-state index contributed by atoms with van der Waals surface area (Å²) < 4.78 is 29.0. The summed E-state index contributed by atoms with van der Waals surface area (Å²) in [5.74, 6) is 0. The van der Waals surface area contributed by atoms with E-state index in [2.05, 4.69) is 4.72 Å². The summed E-state index contributed by atoms with van der Waals surface area (Å²) in [6.45, 7) is 1.90. The Morgan fingerprint density at radius 1 is 1.11 bits per heavy atom. The van der Waals surface area contributed by atoms with Crippen molar-refractivity contribution >= 4 is 27.8 Å². The van der Waals surface area contributed by atoms with Crippen molar-refractivity contribution in [2.24, 2.45) is 0 Å². The van der Waals surface area contributed by atoms with Crippen LogP contribution in [0.25, 0.3) is 0 Å². The maximum absolute atomic E-state index is 12.8. The van der Waals surface area contributed by atoms with E-state index >= 15 is 0 Å². The summed E-state index contributed by atoms with van der Waals surface area (Å²) in [6.07, 6.45) is 4.49. The molecule has 27 heavy (non-hydrogen) atoms. The number of hydrogen-bond donors (Lipinski definition) is 1. The van der Waals surface area contributed by atoms with Crippen molar-refractivity contribution in [2.75, 3.05) is 0 Å². The fourth-order valence-corrected chi connectivity index (χ4v) is 4.84. The Kier molecular flexibility index (Phi) is 6.19. The van der Waals surface area contributed by atoms with Gasteiger partial charge in [0.2, 0.25) is 10.0 Å². The van der Waals surface area contributed by atoms with E-state index in [0.717, 1.165) is 23.1 Å². The van der Waals surface area contributed by atoms with Gasteiger partial charge in [0.05, 0.1) is 21.5 Å². The molecular formula is C20H23ClN2O3S. The minimum absolute atomic E-state index is 0.213. The summed E-state index contributed by atoms with van der Waals surface area (Å²) in [7, 11) is -3.68. The van der Waals surface area contributed by atoms with Gasteiger partial charge >= 0.3 is 0 Å². The van der Waals surface area contributed by atoms with Crippen LogP contribution in [-0.4, -0.2) is 31.5 Å². The van der Waals surface area contributed by atoms with Crippen LogP contribution in [0.2, 0.25) is 5.02 Å². The van der Waals surface area contributed by atoms with E-state index in [4.69, 9.17) is 11.6 Å². The van der Waals surface area contributed by atoms with Crippen molar-refractivity contribution in [3.8, 4) is 0 Å². The van der Waals surface area contributed by atoms with Gasteiger partial charge in [0, 0.05) is 6.42 Å². The number of aryl methyl sites for hydroxylation is 1. The van der Waals surface area contributed by atoms with Crippen LogP contribution in [-0.2, 0) is 10.0 Å². The summed E-state index contributed by atoms with van der Waals surface area (Å²) in [5, 5.41) is 13.3. The number of nitrogens with zero attached hydrogens (tertiary/aromatic N) is 1. The Balaban J connectivity index is 1.83. The van der Waals surface area contributed by atoms with E-state index in [9.17, 15) is 13.6 Å². The van der Waals surface area contributed by atoms with E-state index in [1.165, 1.54) is 6.21 Å². The van der Waals surface area contributed by atoms with Crippen LogP contribution >= 0.6 is 11.6 Å². The third kappa shape index (κ3) is 4.89. The zero-order chi connectivity index (χ0) is 19.4. The standard InChI is InChI=1S/C20H23ClN2O3S/c1-15-10-12-17(13-11-15)27(25,26)22-19-8-4-5-9-20(19)23(24)14-16-6-2-3-7-18(16)21/h2-3,6-7,10-14,19-20,22H,4-5,8-9H2,1H3/b23-14-/t19-,20-/m1/s1. The van der Waals surface area contributed by atoms with Crippen LogP contribution in [0.3, 0.4) is 0 Å². The highest BCUT2D eigenvalue weighted by Gasteiger charge is 2.34. The second-order valence-electron chi connectivity index (χ2n) is 6.90. The Bertz CT molecular complexity index is 926. The quantitative estimate of drug-likeness (QED) is 0.354. The highest BCUT2D eigenvalue weighted by Crippen LogP contribution is 2.23. The average Bonchev–Trinajstić information content (AvgIpc) is 2.64. The van der Waals surface area contributed by atoms with Crippen LogP contribution in [0.1, 0.15) is 36.8 Å². The Hall–Kier alpha value is -1.89. The molecule has 0 saturated heterocycles. The smallest absolute Gasteiger partial charge is 0.241 e. The van der Waals surface area contributed by atoms with Gasteiger partial charge in [-0.05, 0) is 44.0 Å². The lowest BCUT2D eigenvalue weighted by atomic mass is 9.91. The third-order valence-electron chi connectivity index (χ3n) is 4.87. The summed E-state index contributed by atoms with van der Waals surface area (Å²) in [6, 6.07) is 12.9. The maximum atomic E-state index is 12.8. The van der Waals surface area contributed by atoms with Crippen molar-refractivity contribution in [1.29, 1.82) is 0 Å². The molecule has 0 spiro atoms. The molecule has 7 heteroatoms. The molecule has 0 heterocycles. The van der Waals surface area contributed by atoms with Crippen molar-refractivity contribution < 1.29 is 13.2 Å². The minimum Gasteiger partial charge on any atom is -0.624 e. The number of hydroxylamine groups is 1. The number of rotatable bonds is 5. The second kappa shape index (κ2) is 8.42.